The van der Waals surface area contributed by atoms with Crippen molar-refractivity contribution in [2.75, 3.05) is 20.3 Å². The summed E-state index contributed by atoms with van der Waals surface area (Å²) < 4.78 is 8.67. The number of methoxy groups -OCH3 is 1. The third-order valence-electron chi connectivity index (χ3n) is 1.19. The van der Waals surface area contributed by atoms with Crippen LogP contribution in [0.3, 0.4) is 0 Å². The summed E-state index contributed by atoms with van der Waals surface area (Å²) in [5, 5.41) is 17.2. The predicted octanol–water partition coefficient (Wildman–Crippen LogP) is -1.39. The molecule has 0 saturated heterocycles. The molecule has 0 bridgehead atoms. The molecular weight excluding hydrogens is 192 g/mol. The summed E-state index contributed by atoms with van der Waals surface area (Å²) in [4.78, 5) is 21.3. The topological polar surface area (TPSA) is 93.1 Å². The van der Waals surface area contributed by atoms with Gasteiger partial charge in [0.25, 0.3) is 0 Å². The van der Waals surface area contributed by atoms with Crippen LogP contribution in [0, 0.1) is 0 Å². The van der Waals surface area contributed by atoms with Gasteiger partial charge >= 0.3 is 11.9 Å². The Morgan fingerprint density at radius 3 is 2.43 bits per heavy atom. The van der Waals surface area contributed by atoms with Crippen molar-refractivity contribution in [1.29, 1.82) is 0 Å². The van der Waals surface area contributed by atoms with Crippen LogP contribution in [0.4, 0.5) is 0 Å². The van der Waals surface area contributed by atoms with Gasteiger partial charge in [-0.15, -0.1) is 0 Å². The molecule has 6 heteroatoms. The van der Waals surface area contributed by atoms with E-state index in [2.05, 4.69) is 9.47 Å². The molecule has 0 rings (SSSR count). The number of esters is 2. The molecule has 0 spiro atoms. The highest BCUT2D eigenvalue weighted by Crippen LogP contribution is 1.87. The van der Waals surface area contributed by atoms with E-state index in [-0.39, 0.29) is 6.61 Å². The molecule has 0 saturated carbocycles. The molecule has 80 valence electrons. The summed E-state index contributed by atoms with van der Waals surface area (Å²) in [6.45, 7) is -0.811. The van der Waals surface area contributed by atoms with Crippen molar-refractivity contribution in [1.82, 2.24) is 0 Å². The summed E-state index contributed by atoms with van der Waals surface area (Å²) in [5.74, 6) is -1.47. The third-order valence-corrected chi connectivity index (χ3v) is 1.19. The number of ether oxygens (including phenoxy) is 2. The number of carbonyl (C=O) groups excluding carboxylic acids is 2. The van der Waals surface area contributed by atoms with Gasteiger partial charge in [0.1, 0.15) is 12.7 Å². The Kier molecular flexibility index (Phi) is 6.34. The van der Waals surface area contributed by atoms with Crippen molar-refractivity contribution < 1.29 is 29.3 Å². The highest BCUT2D eigenvalue weighted by atomic mass is 16.5. The first-order valence-corrected chi connectivity index (χ1v) is 3.82. The molecule has 2 N–H and O–H groups in total. The fourth-order valence-electron chi connectivity index (χ4n) is 0.483. The van der Waals surface area contributed by atoms with Crippen molar-refractivity contribution >= 4 is 11.9 Å². The van der Waals surface area contributed by atoms with Crippen LogP contribution in [0.25, 0.3) is 0 Å². The van der Waals surface area contributed by atoms with Crippen LogP contribution in [0.1, 0.15) is 0 Å². The molecule has 14 heavy (non-hydrogen) atoms. The molecule has 0 amide bonds. The van der Waals surface area contributed by atoms with Gasteiger partial charge in [0.05, 0.1) is 13.7 Å². The van der Waals surface area contributed by atoms with Gasteiger partial charge in [-0.05, 0) is 0 Å². The fraction of sp³-hybridized carbons (Fsp3) is 0.500. The molecular formula is C8H12O6. The fourth-order valence-corrected chi connectivity index (χ4v) is 0.483. The van der Waals surface area contributed by atoms with Crippen LogP contribution in [0.5, 0.6) is 0 Å². The van der Waals surface area contributed by atoms with Crippen LogP contribution in [-0.2, 0) is 19.1 Å². The average molecular weight is 204 g/mol. The van der Waals surface area contributed by atoms with E-state index >= 15 is 0 Å². The quantitative estimate of drug-likeness (QED) is 0.423. The maximum absolute atomic E-state index is 10.8. The highest BCUT2D eigenvalue weighted by Gasteiger charge is 2.05. The van der Waals surface area contributed by atoms with Crippen LogP contribution in [0.2, 0.25) is 0 Å². The molecule has 6 nitrogen and oxygen atoms in total. The van der Waals surface area contributed by atoms with E-state index in [9.17, 15) is 9.59 Å². The van der Waals surface area contributed by atoms with Crippen molar-refractivity contribution in [2.45, 2.75) is 6.10 Å². The zero-order valence-electron chi connectivity index (χ0n) is 7.67. The summed E-state index contributed by atoms with van der Waals surface area (Å²) in [6.07, 6.45) is 0.661. The second-order valence-electron chi connectivity index (χ2n) is 2.32. The largest absolute Gasteiger partial charge is 0.466 e. The standard InChI is InChI=1S/C8H12O6/c1-13-7(11)2-3-8(12)14-5-6(10)4-9/h2-3,6,9-10H,4-5H2,1H3/b3-2+/t6-/m1/s1. The summed E-state index contributed by atoms with van der Waals surface area (Å²) >= 11 is 0. The lowest BCUT2D eigenvalue weighted by molar-refractivity contribution is -0.142. The second-order valence-corrected chi connectivity index (χ2v) is 2.32. The number of carbonyl (C=O) groups is 2. The molecule has 0 aliphatic carbocycles. The molecule has 0 fully saturated rings. The van der Waals surface area contributed by atoms with Gasteiger partial charge < -0.3 is 19.7 Å². The van der Waals surface area contributed by atoms with Gasteiger partial charge in [0, 0.05) is 12.2 Å². The summed E-state index contributed by atoms with van der Waals surface area (Å²) in [7, 11) is 1.17. The smallest absolute Gasteiger partial charge is 0.331 e. The Morgan fingerprint density at radius 1 is 1.36 bits per heavy atom. The number of aliphatic hydroxyl groups excluding tert-OH is 2. The van der Waals surface area contributed by atoms with Crippen LogP contribution >= 0.6 is 0 Å². The van der Waals surface area contributed by atoms with E-state index in [1.165, 1.54) is 7.11 Å². The number of rotatable bonds is 5. The van der Waals surface area contributed by atoms with Crippen LogP contribution < -0.4 is 0 Å². The van der Waals surface area contributed by atoms with Gasteiger partial charge in [-0.3, -0.25) is 0 Å². The highest BCUT2D eigenvalue weighted by molar-refractivity contribution is 5.91. The Bertz CT molecular complexity index is 222. The van der Waals surface area contributed by atoms with Crippen molar-refractivity contribution in [3.05, 3.63) is 12.2 Å². The van der Waals surface area contributed by atoms with Crippen molar-refractivity contribution in [3.8, 4) is 0 Å². The summed E-state index contributed by atoms with van der Waals surface area (Å²) in [5.41, 5.74) is 0. The Balaban J connectivity index is 3.76. The number of hydrogen-bond acceptors (Lipinski definition) is 6. The Hall–Kier alpha value is -1.40. The van der Waals surface area contributed by atoms with Gasteiger partial charge in [-0.1, -0.05) is 0 Å². The molecule has 0 aromatic carbocycles. The first-order valence-electron chi connectivity index (χ1n) is 3.82. The first kappa shape index (κ1) is 12.6. The SMILES string of the molecule is COC(=O)/C=C/C(=O)OC[C@H](O)CO. The predicted molar refractivity (Wildman–Crippen MR) is 45.2 cm³/mol. The van der Waals surface area contributed by atoms with Gasteiger partial charge in [0.2, 0.25) is 0 Å². The molecule has 1 atom stereocenters. The maximum Gasteiger partial charge on any atom is 0.331 e. The summed E-state index contributed by atoms with van der Waals surface area (Å²) in [6, 6.07) is 0. The molecule has 0 aromatic rings. The van der Waals surface area contributed by atoms with E-state index in [4.69, 9.17) is 10.2 Å². The lowest BCUT2D eigenvalue weighted by Crippen LogP contribution is -2.21. The number of aliphatic hydroxyl groups is 2. The normalized spacial score (nSPS) is 12.5. The number of hydrogen-bond donors (Lipinski definition) is 2. The maximum atomic E-state index is 10.8. The molecule has 0 aromatic heterocycles. The Morgan fingerprint density at radius 2 is 1.93 bits per heavy atom. The first-order chi connectivity index (χ1) is 6.60. The molecule has 0 aliphatic rings. The zero-order valence-corrected chi connectivity index (χ0v) is 7.67. The minimum absolute atomic E-state index is 0.319. The van der Waals surface area contributed by atoms with E-state index in [1.54, 1.807) is 0 Å². The molecule has 0 heterocycles. The second kappa shape index (κ2) is 7.05. The minimum Gasteiger partial charge on any atom is -0.466 e. The van der Waals surface area contributed by atoms with E-state index in [0.717, 1.165) is 12.2 Å². The van der Waals surface area contributed by atoms with E-state index < -0.39 is 24.6 Å². The molecule has 0 unspecified atom stereocenters. The van der Waals surface area contributed by atoms with E-state index in [1.807, 2.05) is 0 Å². The zero-order chi connectivity index (χ0) is 11.0. The van der Waals surface area contributed by atoms with Gasteiger partial charge in [-0.2, -0.15) is 0 Å². The van der Waals surface area contributed by atoms with Crippen LogP contribution in [0.15, 0.2) is 12.2 Å². The van der Waals surface area contributed by atoms with Crippen LogP contribution in [-0.4, -0.2) is 48.6 Å². The average Bonchev–Trinajstić information content (AvgIpc) is 2.22. The monoisotopic (exact) mass is 204 g/mol. The van der Waals surface area contributed by atoms with Crippen molar-refractivity contribution in [3.63, 3.8) is 0 Å². The minimum atomic E-state index is -1.11. The van der Waals surface area contributed by atoms with E-state index in [0.29, 0.717) is 0 Å². The van der Waals surface area contributed by atoms with Gasteiger partial charge in [0.15, 0.2) is 0 Å². The molecule has 0 radical (unpaired) electrons. The van der Waals surface area contributed by atoms with Crippen molar-refractivity contribution in [2.24, 2.45) is 0 Å². The third kappa shape index (κ3) is 6.15. The lowest BCUT2D eigenvalue weighted by Gasteiger charge is -2.05. The molecule has 0 aliphatic heterocycles. The Labute approximate surface area is 80.7 Å². The lowest BCUT2D eigenvalue weighted by atomic mass is 10.4. The van der Waals surface area contributed by atoms with Gasteiger partial charge in [-0.25, -0.2) is 9.59 Å².